The zero-order valence-electron chi connectivity index (χ0n) is 11.9. The van der Waals surface area contributed by atoms with E-state index in [9.17, 15) is 9.59 Å². The average molecular weight is 395 g/mol. The fourth-order valence-electron chi connectivity index (χ4n) is 1.67. The van der Waals surface area contributed by atoms with Crippen molar-refractivity contribution in [3.8, 4) is 0 Å². The van der Waals surface area contributed by atoms with Crippen LogP contribution in [0.5, 0.6) is 0 Å². The summed E-state index contributed by atoms with van der Waals surface area (Å²) >= 11 is 9.05. The third kappa shape index (κ3) is 5.50. The number of nitrogens with zero attached hydrogens (tertiary/aromatic N) is 1. The van der Waals surface area contributed by atoms with E-state index in [1.54, 1.807) is 48.5 Å². The largest absolute Gasteiger partial charge is 0.343 e. The van der Waals surface area contributed by atoms with Gasteiger partial charge in [-0.25, -0.2) is 5.43 Å². The van der Waals surface area contributed by atoms with Gasteiger partial charge in [0.15, 0.2) is 0 Å². The summed E-state index contributed by atoms with van der Waals surface area (Å²) in [6, 6.07) is 14.0. The van der Waals surface area contributed by atoms with Gasteiger partial charge in [0.1, 0.15) is 0 Å². The highest BCUT2D eigenvalue weighted by Gasteiger charge is 2.10. The van der Waals surface area contributed by atoms with Crippen molar-refractivity contribution in [2.75, 3.05) is 6.54 Å². The zero-order chi connectivity index (χ0) is 16.7. The number of nitrogens with one attached hydrogen (secondary N) is 2. The average Bonchev–Trinajstić information content (AvgIpc) is 2.55. The maximum absolute atomic E-state index is 11.9. The number of amides is 2. The molecule has 0 fully saturated rings. The van der Waals surface area contributed by atoms with Crippen LogP contribution in [0.1, 0.15) is 15.9 Å². The first-order valence-corrected chi connectivity index (χ1v) is 7.83. The minimum atomic E-state index is -0.421. The summed E-state index contributed by atoms with van der Waals surface area (Å²) in [7, 11) is 0. The number of halogens is 2. The maximum Gasteiger partial charge on any atom is 0.259 e. The summed E-state index contributed by atoms with van der Waals surface area (Å²) in [5, 5.41) is 6.96. The van der Waals surface area contributed by atoms with Crippen LogP contribution < -0.4 is 10.7 Å². The number of hydrazone groups is 1. The quantitative estimate of drug-likeness (QED) is 0.604. The van der Waals surface area contributed by atoms with E-state index in [0.717, 1.165) is 5.56 Å². The summed E-state index contributed by atoms with van der Waals surface area (Å²) in [6.45, 7) is -0.169. The molecule has 2 amide bonds. The Bertz CT molecular complexity index is 732. The summed E-state index contributed by atoms with van der Waals surface area (Å²) in [5.74, 6) is -0.759. The van der Waals surface area contributed by atoms with Gasteiger partial charge in [0.2, 0.25) is 0 Å². The molecule has 0 saturated heterocycles. The maximum atomic E-state index is 11.9. The molecular formula is C16H13BrClN3O2. The number of carbonyl (C=O) groups is 2. The first-order chi connectivity index (χ1) is 11.1. The predicted molar refractivity (Wildman–Crippen MR) is 93.7 cm³/mol. The summed E-state index contributed by atoms with van der Waals surface area (Å²) < 4.78 is 0.665. The molecule has 0 aliphatic rings. The van der Waals surface area contributed by atoms with Crippen LogP contribution in [0, 0.1) is 0 Å². The monoisotopic (exact) mass is 393 g/mol. The Morgan fingerprint density at radius 2 is 1.83 bits per heavy atom. The number of carbonyl (C=O) groups excluding carboxylic acids is 2. The Morgan fingerprint density at radius 1 is 1.13 bits per heavy atom. The van der Waals surface area contributed by atoms with Gasteiger partial charge in [-0.15, -0.1) is 0 Å². The third-order valence-electron chi connectivity index (χ3n) is 2.80. The molecular weight excluding hydrogens is 382 g/mol. The van der Waals surface area contributed by atoms with Crippen molar-refractivity contribution in [2.24, 2.45) is 5.10 Å². The Kier molecular flexibility index (Phi) is 6.31. The molecule has 5 nitrogen and oxygen atoms in total. The van der Waals surface area contributed by atoms with Crippen LogP contribution in [-0.2, 0) is 4.79 Å². The SMILES string of the molecule is O=C(CNC(=O)c1ccccc1Br)N/N=C/c1ccc(Cl)cc1. The Balaban J connectivity index is 1.80. The molecule has 0 bridgehead atoms. The first kappa shape index (κ1) is 17.2. The van der Waals surface area contributed by atoms with Gasteiger partial charge in [-0.05, 0) is 45.8 Å². The van der Waals surface area contributed by atoms with Crippen LogP contribution in [-0.4, -0.2) is 24.6 Å². The highest BCUT2D eigenvalue weighted by molar-refractivity contribution is 9.10. The molecule has 2 N–H and O–H groups in total. The second kappa shape index (κ2) is 8.45. The first-order valence-electron chi connectivity index (χ1n) is 6.66. The topological polar surface area (TPSA) is 70.6 Å². The summed E-state index contributed by atoms with van der Waals surface area (Å²) in [5.41, 5.74) is 3.60. The lowest BCUT2D eigenvalue weighted by atomic mass is 10.2. The molecule has 2 aromatic carbocycles. The van der Waals surface area contributed by atoms with Crippen LogP contribution in [0.25, 0.3) is 0 Å². The van der Waals surface area contributed by atoms with Crippen LogP contribution in [0.4, 0.5) is 0 Å². The Morgan fingerprint density at radius 3 is 2.52 bits per heavy atom. The minimum absolute atomic E-state index is 0.169. The van der Waals surface area contributed by atoms with Gasteiger partial charge in [0.25, 0.3) is 11.8 Å². The molecule has 0 aromatic heterocycles. The highest BCUT2D eigenvalue weighted by Crippen LogP contribution is 2.15. The number of benzene rings is 2. The van der Waals surface area contributed by atoms with Crippen molar-refractivity contribution < 1.29 is 9.59 Å². The van der Waals surface area contributed by atoms with Crippen LogP contribution in [0.3, 0.4) is 0 Å². The molecule has 0 atom stereocenters. The van der Waals surface area contributed by atoms with Crippen molar-refractivity contribution in [3.63, 3.8) is 0 Å². The molecule has 0 unspecified atom stereocenters. The van der Waals surface area contributed by atoms with Gasteiger partial charge in [-0.3, -0.25) is 9.59 Å². The van der Waals surface area contributed by atoms with Crippen molar-refractivity contribution in [1.29, 1.82) is 0 Å². The van der Waals surface area contributed by atoms with Gasteiger partial charge < -0.3 is 5.32 Å². The normalized spacial score (nSPS) is 10.5. The lowest BCUT2D eigenvalue weighted by Crippen LogP contribution is -2.35. The molecule has 0 heterocycles. The van der Waals surface area contributed by atoms with Crippen LogP contribution >= 0.6 is 27.5 Å². The van der Waals surface area contributed by atoms with Gasteiger partial charge >= 0.3 is 0 Å². The van der Waals surface area contributed by atoms with Gasteiger partial charge in [-0.1, -0.05) is 35.9 Å². The molecule has 0 radical (unpaired) electrons. The van der Waals surface area contributed by atoms with Crippen molar-refractivity contribution in [3.05, 3.63) is 69.2 Å². The van der Waals surface area contributed by atoms with E-state index in [0.29, 0.717) is 15.1 Å². The second-order valence-corrected chi connectivity index (χ2v) is 5.80. The molecule has 0 aliphatic heterocycles. The molecule has 2 aromatic rings. The standard InChI is InChI=1S/C16H13BrClN3O2/c17-14-4-2-1-3-13(14)16(23)19-10-15(22)21-20-9-11-5-7-12(18)8-6-11/h1-9H,10H2,(H,19,23)(H,21,22)/b20-9+. The second-order valence-electron chi connectivity index (χ2n) is 4.51. The molecule has 0 aliphatic carbocycles. The summed E-state index contributed by atoms with van der Waals surface area (Å²) in [4.78, 5) is 23.6. The smallest absolute Gasteiger partial charge is 0.259 e. The third-order valence-corrected chi connectivity index (χ3v) is 3.74. The van der Waals surface area contributed by atoms with E-state index in [4.69, 9.17) is 11.6 Å². The fourth-order valence-corrected chi connectivity index (χ4v) is 2.26. The molecule has 23 heavy (non-hydrogen) atoms. The van der Waals surface area contributed by atoms with E-state index in [-0.39, 0.29) is 12.5 Å². The lowest BCUT2D eigenvalue weighted by molar-refractivity contribution is -0.120. The summed E-state index contributed by atoms with van der Waals surface area (Å²) in [6.07, 6.45) is 1.49. The minimum Gasteiger partial charge on any atom is -0.343 e. The van der Waals surface area contributed by atoms with E-state index in [1.165, 1.54) is 6.21 Å². The Hall–Kier alpha value is -2.18. The van der Waals surface area contributed by atoms with Gasteiger partial charge in [-0.2, -0.15) is 5.10 Å². The molecule has 0 saturated carbocycles. The van der Waals surface area contributed by atoms with Gasteiger partial charge in [0.05, 0.1) is 18.3 Å². The molecule has 118 valence electrons. The van der Waals surface area contributed by atoms with E-state index >= 15 is 0 Å². The van der Waals surface area contributed by atoms with Crippen LogP contribution in [0.2, 0.25) is 5.02 Å². The molecule has 7 heteroatoms. The van der Waals surface area contributed by atoms with E-state index in [2.05, 4.69) is 31.8 Å². The number of rotatable bonds is 5. The predicted octanol–water partition coefficient (Wildman–Crippen LogP) is 2.98. The zero-order valence-corrected chi connectivity index (χ0v) is 14.3. The van der Waals surface area contributed by atoms with Gasteiger partial charge in [0, 0.05) is 9.50 Å². The van der Waals surface area contributed by atoms with E-state index < -0.39 is 5.91 Å². The van der Waals surface area contributed by atoms with Crippen molar-refractivity contribution >= 4 is 45.6 Å². The number of hydrogen-bond donors (Lipinski definition) is 2. The van der Waals surface area contributed by atoms with E-state index in [1.807, 2.05) is 0 Å². The van der Waals surface area contributed by atoms with Crippen molar-refractivity contribution in [1.82, 2.24) is 10.7 Å². The van der Waals surface area contributed by atoms with Crippen LogP contribution in [0.15, 0.2) is 58.1 Å². The Labute approximate surface area is 146 Å². The van der Waals surface area contributed by atoms with Crippen molar-refractivity contribution in [2.45, 2.75) is 0 Å². The fraction of sp³-hybridized carbons (Fsp3) is 0.0625. The lowest BCUT2D eigenvalue weighted by Gasteiger charge is -2.05. The highest BCUT2D eigenvalue weighted by atomic mass is 79.9. The molecule has 0 spiro atoms. The number of hydrogen-bond acceptors (Lipinski definition) is 3. The molecule has 2 rings (SSSR count).